The first kappa shape index (κ1) is 11.9. The number of nitrogens with zero attached hydrogens (tertiary/aromatic N) is 1. The molecule has 1 fully saturated rings. The summed E-state index contributed by atoms with van der Waals surface area (Å²) in [4.78, 5) is 2.27. The van der Waals surface area contributed by atoms with Crippen molar-refractivity contribution in [1.82, 2.24) is 4.90 Å². The molecule has 1 aliphatic rings. The van der Waals surface area contributed by atoms with Gasteiger partial charge in [-0.2, -0.15) is 0 Å². The van der Waals surface area contributed by atoms with Crippen molar-refractivity contribution in [2.45, 2.75) is 31.3 Å². The molecule has 0 saturated carbocycles. The van der Waals surface area contributed by atoms with E-state index in [0.29, 0.717) is 6.04 Å². The van der Waals surface area contributed by atoms with Crippen LogP contribution >= 0.6 is 0 Å². The van der Waals surface area contributed by atoms with Crippen LogP contribution in [-0.4, -0.2) is 55.0 Å². The van der Waals surface area contributed by atoms with Gasteiger partial charge in [0.1, 0.15) is 0 Å². The number of nitrogens with two attached hydrogens (primary N) is 1. The summed E-state index contributed by atoms with van der Waals surface area (Å²) in [6.45, 7) is 4.54. The Morgan fingerprint density at radius 1 is 1.64 bits per heavy atom. The smallest absolute Gasteiger partial charge is 0.0622 e. The van der Waals surface area contributed by atoms with Crippen LogP contribution in [0.3, 0.4) is 0 Å². The largest absolute Gasteiger partial charge is 0.394 e. The quantitative estimate of drug-likeness (QED) is 0.648. The summed E-state index contributed by atoms with van der Waals surface area (Å²) in [7, 11) is 2.09. The van der Waals surface area contributed by atoms with Crippen LogP contribution in [0.25, 0.3) is 0 Å². The Labute approximate surface area is 86.0 Å². The van der Waals surface area contributed by atoms with Crippen LogP contribution < -0.4 is 5.73 Å². The minimum atomic E-state index is -0.451. The van der Waals surface area contributed by atoms with E-state index in [4.69, 9.17) is 15.6 Å². The molecule has 1 heterocycles. The zero-order chi connectivity index (χ0) is 10.6. The molecule has 0 aliphatic carbocycles. The van der Waals surface area contributed by atoms with Gasteiger partial charge in [-0.05, 0) is 26.8 Å². The molecule has 2 unspecified atom stereocenters. The van der Waals surface area contributed by atoms with Gasteiger partial charge in [-0.25, -0.2) is 0 Å². The van der Waals surface area contributed by atoms with Gasteiger partial charge in [0.2, 0.25) is 0 Å². The molecule has 0 radical (unpaired) electrons. The molecule has 1 saturated heterocycles. The summed E-state index contributed by atoms with van der Waals surface area (Å²) in [6, 6.07) is 0.532. The molecule has 84 valence electrons. The molecule has 1 rings (SSSR count). The average Bonchev–Trinajstić information content (AvgIpc) is 2.67. The highest BCUT2D eigenvalue weighted by Gasteiger charge is 2.23. The Morgan fingerprint density at radius 3 is 2.86 bits per heavy atom. The first-order valence-corrected chi connectivity index (χ1v) is 5.23. The molecule has 3 N–H and O–H groups in total. The molecule has 14 heavy (non-hydrogen) atoms. The molecule has 0 aromatic carbocycles. The molecule has 0 bridgehead atoms. The summed E-state index contributed by atoms with van der Waals surface area (Å²) in [6.07, 6.45) is 1.92. The standard InChI is InChI=1S/C10H22N2O2/c1-10(11,8-13)4-5-12(2)9-3-6-14-7-9/h9,13H,3-8,11H2,1-2H3. The highest BCUT2D eigenvalue weighted by atomic mass is 16.5. The van der Waals surface area contributed by atoms with Crippen LogP contribution in [0, 0.1) is 0 Å². The highest BCUT2D eigenvalue weighted by Crippen LogP contribution is 2.13. The van der Waals surface area contributed by atoms with Crippen LogP contribution in [0.4, 0.5) is 0 Å². The van der Waals surface area contributed by atoms with Crippen molar-refractivity contribution in [2.24, 2.45) is 5.73 Å². The van der Waals surface area contributed by atoms with E-state index >= 15 is 0 Å². The molecule has 0 spiro atoms. The topological polar surface area (TPSA) is 58.7 Å². The number of hydrogen-bond donors (Lipinski definition) is 2. The first-order chi connectivity index (χ1) is 6.55. The van der Waals surface area contributed by atoms with E-state index in [-0.39, 0.29) is 6.61 Å². The Balaban J connectivity index is 2.23. The van der Waals surface area contributed by atoms with Gasteiger partial charge in [-0.3, -0.25) is 0 Å². The Bertz CT molecular complexity index is 168. The molecule has 0 aromatic heterocycles. The van der Waals surface area contributed by atoms with Gasteiger partial charge in [-0.15, -0.1) is 0 Å². The zero-order valence-electron chi connectivity index (χ0n) is 9.20. The third-order valence-corrected chi connectivity index (χ3v) is 2.93. The van der Waals surface area contributed by atoms with E-state index in [1.165, 1.54) is 0 Å². The second kappa shape index (κ2) is 5.07. The van der Waals surface area contributed by atoms with E-state index in [2.05, 4.69) is 11.9 Å². The summed E-state index contributed by atoms with van der Waals surface area (Å²) in [5.74, 6) is 0. The predicted molar refractivity (Wildman–Crippen MR) is 56.1 cm³/mol. The highest BCUT2D eigenvalue weighted by molar-refractivity contribution is 4.80. The second-order valence-corrected chi connectivity index (χ2v) is 4.56. The van der Waals surface area contributed by atoms with Gasteiger partial charge in [0.25, 0.3) is 0 Å². The lowest BCUT2D eigenvalue weighted by molar-refractivity contribution is 0.142. The molecule has 2 atom stereocenters. The van der Waals surface area contributed by atoms with Crippen LogP contribution in [0.15, 0.2) is 0 Å². The summed E-state index contributed by atoms with van der Waals surface area (Å²) in [5.41, 5.74) is 5.40. The number of likely N-dealkylation sites (N-methyl/N-ethyl adjacent to an activating group) is 1. The lowest BCUT2D eigenvalue weighted by atomic mass is 10.00. The van der Waals surface area contributed by atoms with Crippen LogP contribution in [0.2, 0.25) is 0 Å². The zero-order valence-corrected chi connectivity index (χ0v) is 9.20. The van der Waals surface area contributed by atoms with Crippen molar-refractivity contribution in [1.29, 1.82) is 0 Å². The number of hydrogen-bond acceptors (Lipinski definition) is 4. The Morgan fingerprint density at radius 2 is 2.36 bits per heavy atom. The van der Waals surface area contributed by atoms with Gasteiger partial charge in [0, 0.05) is 24.7 Å². The van der Waals surface area contributed by atoms with Crippen molar-refractivity contribution in [3.05, 3.63) is 0 Å². The van der Waals surface area contributed by atoms with Crippen molar-refractivity contribution < 1.29 is 9.84 Å². The van der Waals surface area contributed by atoms with Crippen LogP contribution in [-0.2, 0) is 4.74 Å². The number of ether oxygens (including phenoxy) is 1. The average molecular weight is 202 g/mol. The minimum Gasteiger partial charge on any atom is -0.394 e. The van der Waals surface area contributed by atoms with Crippen molar-refractivity contribution in [3.63, 3.8) is 0 Å². The van der Waals surface area contributed by atoms with Gasteiger partial charge in [0.15, 0.2) is 0 Å². The third kappa shape index (κ3) is 3.53. The minimum absolute atomic E-state index is 0.0437. The summed E-state index contributed by atoms with van der Waals surface area (Å²) in [5, 5.41) is 9.00. The molecule has 0 amide bonds. The second-order valence-electron chi connectivity index (χ2n) is 4.56. The summed E-state index contributed by atoms with van der Waals surface area (Å²) >= 11 is 0. The lowest BCUT2D eigenvalue weighted by Crippen LogP contribution is -2.44. The van der Waals surface area contributed by atoms with Gasteiger partial charge < -0.3 is 20.5 Å². The number of rotatable bonds is 5. The van der Waals surface area contributed by atoms with E-state index in [1.807, 2.05) is 6.92 Å². The van der Waals surface area contributed by atoms with Gasteiger partial charge >= 0.3 is 0 Å². The molecular formula is C10H22N2O2. The van der Waals surface area contributed by atoms with E-state index in [1.54, 1.807) is 0 Å². The van der Waals surface area contributed by atoms with E-state index in [9.17, 15) is 0 Å². The van der Waals surface area contributed by atoms with Gasteiger partial charge in [-0.1, -0.05) is 0 Å². The molecule has 4 heteroatoms. The normalized spacial score (nSPS) is 26.8. The Kier molecular flexibility index (Phi) is 4.31. The van der Waals surface area contributed by atoms with Crippen molar-refractivity contribution in [3.8, 4) is 0 Å². The van der Waals surface area contributed by atoms with Crippen molar-refractivity contribution in [2.75, 3.05) is 33.4 Å². The molecule has 1 aliphatic heterocycles. The maximum Gasteiger partial charge on any atom is 0.0622 e. The fourth-order valence-electron chi connectivity index (χ4n) is 1.56. The van der Waals surface area contributed by atoms with Crippen LogP contribution in [0.5, 0.6) is 0 Å². The maximum atomic E-state index is 9.00. The number of aliphatic hydroxyl groups excluding tert-OH is 1. The molecule has 0 aromatic rings. The Hall–Kier alpha value is -0.160. The number of aliphatic hydroxyl groups is 1. The van der Waals surface area contributed by atoms with Crippen LogP contribution in [0.1, 0.15) is 19.8 Å². The first-order valence-electron chi connectivity index (χ1n) is 5.23. The van der Waals surface area contributed by atoms with E-state index in [0.717, 1.165) is 32.6 Å². The van der Waals surface area contributed by atoms with Crippen molar-refractivity contribution >= 4 is 0 Å². The lowest BCUT2D eigenvalue weighted by Gasteiger charge is -2.28. The monoisotopic (exact) mass is 202 g/mol. The third-order valence-electron chi connectivity index (χ3n) is 2.93. The molecule has 4 nitrogen and oxygen atoms in total. The SMILES string of the molecule is CN(CCC(C)(N)CO)C1CCOC1. The van der Waals surface area contributed by atoms with E-state index < -0.39 is 5.54 Å². The summed E-state index contributed by atoms with van der Waals surface area (Å²) < 4.78 is 5.31. The predicted octanol–water partition coefficient (Wildman–Crippen LogP) is -0.193. The fraction of sp³-hybridized carbons (Fsp3) is 1.00. The van der Waals surface area contributed by atoms with Gasteiger partial charge in [0.05, 0.1) is 13.2 Å². The fourth-order valence-corrected chi connectivity index (χ4v) is 1.56. The maximum absolute atomic E-state index is 9.00. The molecular weight excluding hydrogens is 180 g/mol.